The molecule has 0 bridgehead atoms. The maximum Gasteiger partial charge on any atom is 0.306 e. The Morgan fingerprint density at radius 2 is 2.29 bits per heavy atom. The average molecular weight is 221 g/mol. The third-order valence-electron chi connectivity index (χ3n) is 2.34. The number of carbonyl (C=O) groups is 1. The molecule has 82 valence electrons. The molecule has 1 saturated heterocycles. The second-order valence-electron chi connectivity index (χ2n) is 3.31. The van der Waals surface area contributed by atoms with E-state index in [-0.39, 0.29) is 17.4 Å². The number of esters is 1. The topological polar surface area (TPSA) is 72.5 Å². The Labute approximate surface area is 83.7 Å². The van der Waals surface area contributed by atoms with E-state index in [9.17, 15) is 13.2 Å². The summed E-state index contributed by atoms with van der Waals surface area (Å²) >= 11 is 0. The molecule has 1 N–H and O–H groups in total. The van der Waals surface area contributed by atoms with E-state index >= 15 is 0 Å². The molecule has 1 aliphatic heterocycles. The number of rotatable bonds is 4. The van der Waals surface area contributed by atoms with E-state index in [0.717, 1.165) is 6.54 Å². The van der Waals surface area contributed by atoms with Crippen molar-refractivity contribution < 1.29 is 17.9 Å². The van der Waals surface area contributed by atoms with Gasteiger partial charge in [-0.25, -0.2) is 8.42 Å². The SMILES string of the molecule is COC(=O)CCS(=O)(=O)[C@H]1CCNC1. The van der Waals surface area contributed by atoms with Gasteiger partial charge in [-0.05, 0) is 13.0 Å². The zero-order valence-electron chi connectivity index (χ0n) is 8.15. The summed E-state index contributed by atoms with van der Waals surface area (Å²) in [7, 11) is -1.87. The highest BCUT2D eigenvalue weighted by Gasteiger charge is 2.28. The molecule has 0 aromatic heterocycles. The van der Waals surface area contributed by atoms with Crippen LogP contribution in [0.3, 0.4) is 0 Å². The van der Waals surface area contributed by atoms with Crippen molar-refractivity contribution in [3.8, 4) is 0 Å². The lowest BCUT2D eigenvalue weighted by molar-refractivity contribution is -0.140. The normalized spacial score (nSPS) is 22.2. The van der Waals surface area contributed by atoms with Gasteiger partial charge >= 0.3 is 5.97 Å². The third-order valence-corrected chi connectivity index (χ3v) is 4.53. The smallest absolute Gasteiger partial charge is 0.306 e. The van der Waals surface area contributed by atoms with Crippen molar-refractivity contribution in [3.63, 3.8) is 0 Å². The fraction of sp³-hybridized carbons (Fsp3) is 0.875. The summed E-state index contributed by atoms with van der Waals surface area (Å²) < 4.78 is 27.6. The molecule has 0 amide bonds. The van der Waals surface area contributed by atoms with Crippen LogP contribution in [0.25, 0.3) is 0 Å². The van der Waals surface area contributed by atoms with Crippen LogP contribution in [0.4, 0.5) is 0 Å². The number of carbonyl (C=O) groups excluding carboxylic acids is 1. The zero-order valence-corrected chi connectivity index (χ0v) is 8.97. The first-order chi connectivity index (χ1) is 6.56. The molecule has 0 radical (unpaired) electrons. The molecule has 0 aromatic carbocycles. The van der Waals surface area contributed by atoms with Gasteiger partial charge in [0.2, 0.25) is 0 Å². The quantitative estimate of drug-likeness (QED) is 0.637. The highest BCUT2D eigenvalue weighted by Crippen LogP contribution is 2.11. The molecule has 1 rings (SSSR count). The van der Waals surface area contributed by atoms with Crippen LogP contribution in [0.5, 0.6) is 0 Å². The van der Waals surface area contributed by atoms with Crippen molar-refractivity contribution >= 4 is 15.8 Å². The van der Waals surface area contributed by atoms with Crippen LogP contribution in [-0.2, 0) is 19.4 Å². The van der Waals surface area contributed by atoms with E-state index in [4.69, 9.17) is 0 Å². The van der Waals surface area contributed by atoms with Gasteiger partial charge in [0.05, 0.1) is 24.5 Å². The molecule has 1 heterocycles. The van der Waals surface area contributed by atoms with Crippen molar-refractivity contribution in [1.29, 1.82) is 0 Å². The van der Waals surface area contributed by atoms with Gasteiger partial charge in [-0.1, -0.05) is 0 Å². The summed E-state index contributed by atoms with van der Waals surface area (Å²) in [6, 6.07) is 0. The number of hydrogen-bond acceptors (Lipinski definition) is 5. The molecular weight excluding hydrogens is 206 g/mol. The van der Waals surface area contributed by atoms with Crippen LogP contribution in [-0.4, -0.2) is 45.6 Å². The fourth-order valence-electron chi connectivity index (χ4n) is 1.43. The molecule has 0 saturated carbocycles. The van der Waals surface area contributed by atoms with E-state index in [0.29, 0.717) is 13.0 Å². The average Bonchev–Trinajstić information content (AvgIpc) is 2.67. The Morgan fingerprint density at radius 3 is 2.79 bits per heavy atom. The number of hydrogen-bond donors (Lipinski definition) is 1. The summed E-state index contributed by atoms with van der Waals surface area (Å²) in [5.41, 5.74) is 0. The number of methoxy groups -OCH3 is 1. The molecule has 1 atom stereocenters. The second kappa shape index (κ2) is 4.75. The Bertz CT molecular complexity index is 292. The number of sulfone groups is 1. The zero-order chi connectivity index (χ0) is 10.6. The Hall–Kier alpha value is -0.620. The highest BCUT2D eigenvalue weighted by atomic mass is 32.2. The van der Waals surface area contributed by atoms with Gasteiger partial charge in [0.1, 0.15) is 0 Å². The predicted octanol–water partition coefficient (Wildman–Crippen LogP) is -0.674. The van der Waals surface area contributed by atoms with Crippen molar-refractivity contribution in [2.75, 3.05) is 26.0 Å². The van der Waals surface area contributed by atoms with E-state index in [1.165, 1.54) is 7.11 Å². The third kappa shape index (κ3) is 2.95. The Morgan fingerprint density at radius 1 is 1.57 bits per heavy atom. The molecule has 0 unspecified atom stereocenters. The molecule has 5 nitrogen and oxygen atoms in total. The van der Waals surface area contributed by atoms with E-state index in [2.05, 4.69) is 10.1 Å². The molecule has 14 heavy (non-hydrogen) atoms. The lowest BCUT2D eigenvalue weighted by Gasteiger charge is -2.09. The molecule has 1 fully saturated rings. The van der Waals surface area contributed by atoms with Crippen LogP contribution in [0.1, 0.15) is 12.8 Å². The molecule has 6 heteroatoms. The summed E-state index contributed by atoms with van der Waals surface area (Å²) in [5, 5.41) is 2.66. The minimum Gasteiger partial charge on any atom is -0.469 e. The Balaban J connectivity index is 2.45. The van der Waals surface area contributed by atoms with Gasteiger partial charge < -0.3 is 10.1 Å². The monoisotopic (exact) mass is 221 g/mol. The van der Waals surface area contributed by atoms with Crippen molar-refractivity contribution in [2.45, 2.75) is 18.1 Å². The van der Waals surface area contributed by atoms with Gasteiger partial charge in [-0.3, -0.25) is 4.79 Å². The number of nitrogens with one attached hydrogen (secondary N) is 1. The van der Waals surface area contributed by atoms with Gasteiger partial charge in [0, 0.05) is 6.54 Å². The minimum atomic E-state index is -3.13. The van der Waals surface area contributed by atoms with Crippen LogP contribution in [0.15, 0.2) is 0 Å². The molecule has 0 aliphatic carbocycles. The molecule has 1 aliphatic rings. The van der Waals surface area contributed by atoms with Crippen LogP contribution in [0.2, 0.25) is 0 Å². The summed E-state index contributed by atoms with van der Waals surface area (Å²) in [4.78, 5) is 10.8. The second-order valence-corrected chi connectivity index (χ2v) is 5.71. The lowest BCUT2D eigenvalue weighted by atomic mass is 10.4. The predicted molar refractivity (Wildman–Crippen MR) is 51.7 cm³/mol. The van der Waals surface area contributed by atoms with Crippen LogP contribution >= 0.6 is 0 Å². The van der Waals surface area contributed by atoms with Gasteiger partial charge in [-0.15, -0.1) is 0 Å². The highest BCUT2D eigenvalue weighted by molar-refractivity contribution is 7.92. The first-order valence-electron chi connectivity index (χ1n) is 4.55. The van der Waals surface area contributed by atoms with Gasteiger partial charge in [-0.2, -0.15) is 0 Å². The van der Waals surface area contributed by atoms with Gasteiger partial charge in [0.25, 0.3) is 0 Å². The maximum atomic E-state index is 11.6. The van der Waals surface area contributed by atoms with Crippen molar-refractivity contribution in [2.24, 2.45) is 0 Å². The summed E-state index contributed by atoms with van der Waals surface area (Å²) in [5.74, 6) is -0.578. The first-order valence-corrected chi connectivity index (χ1v) is 6.27. The minimum absolute atomic E-state index is 0.0463. The van der Waals surface area contributed by atoms with Crippen LogP contribution in [0, 0.1) is 0 Å². The molecular formula is C8H15NO4S. The van der Waals surface area contributed by atoms with E-state index in [1.807, 2.05) is 0 Å². The van der Waals surface area contributed by atoms with E-state index in [1.54, 1.807) is 0 Å². The standard InChI is InChI=1S/C8H15NO4S/c1-13-8(10)3-5-14(11,12)7-2-4-9-6-7/h7,9H,2-6H2,1H3/t7-/m0/s1. The molecule has 0 aromatic rings. The van der Waals surface area contributed by atoms with E-state index < -0.39 is 15.8 Å². The maximum absolute atomic E-state index is 11.6. The van der Waals surface area contributed by atoms with Crippen LogP contribution < -0.4 is 5.32 Å². The molecule has 0 spiro atoms. The van der Waals surface area contributed by atoms with Crippen molar-refractivity contribution in [3.05, 3.63) is 0 Å². The Kier molecular flexibility index (Phi) is 3.88. The van der Waals surface area contributed by atoms with Gasteiger partial charge in [0.15, 0.2) is 9.84 Å². The largest absolute Gasteiger partial charge is 0.469 e. The van der Waals surface area contributed by atoms with Crippen molar-refractivity contribution in [1.82, 2.24) is 5.32 Å². The fourth-order valence-corrected chi connectivity index (χ4v) is 3.06. The summed E-state index contributed by atoms with van der Waals surface area (Å²) in [6.07, 6.45) is 0.596. The summed E-state index contributed by atoms with van der Waals surface area (Å²) in [6.45, 7) is 1.24. The number of ether oxygens (including phenoxy) is 1. The lowest BCUT2D eigenvalue weighted by Crippen LogP contribution is -2.27. The first kappa shape index (κ1) is 11.5.